The van der Waals surface area contributed by atoms with Crippen molar-refractivity contribution < 1.29 is 4.39 Å². The average molecular weight is 348 g/mol. The number of rotatable bonds is 2. The molecule has 0 aliphatic rings. The Morgan fingerprint density at radius 3 is 3.00 bits per heavy atom. The summed E-state index contributed by atoms with van der Waals surface area (Å²) in [6.45, 7) is 0. The van der Waals surface area contributed by atoms with Crippen molar-refractivity contribution in [1.29, 1.82) is 0 Å². The van der Waals surface area contributed by atoms with Gasteiger partial charge in [0.1, 0.15) is 10.8 Å². The van der Waals surface area contributed by atoms with E-state index in [2.05, 4.69) is 20.7 Å². The van der Waals surface area contributed by atoms with E-state index in [1.165, 1.54) is 6.07 Å². The second kappa shape index (κ2) is 5.26. The van der Waals surface area contributed by atoms with Gasteiger partial charge in [0.15, 0.2) is 0 Å². The third-order valence-corrected chi connectivity index (χ3v) is 5.32. The maximum atomic E-state index is 13.6. The van der Waals surface area contributed by atoms with Crippen molar-refractivity contribution in [2.75, 3.05) is 0 Å². The van der Waals surface area contributed by atoms with Crippen LogP contribution in [0.5, 0.6) is 0 Å². The number of halogens is 1. The summed E-state index contributed by atoms with van der Waals surface area (Å²) in [5.74, 6) is -0.245. The molecule has 25 heavy (non-hydrogen) atoms. The minimum absolute atomic E-state index is 0.245. The number of aryl methyl sites for hydroxylation is 1. The highest BCUT2D eigenvalue weighted by atomic mass is 32.1. The van der Waals surface area contributed by atoms with Crippen LogP contribution in [-0.2, 0) is 7.05 Å². The number of nitrogens with one attached hydrogen (secondary N) is 1. The maximum absolute atomic E-state index is 13.6. The first-order valence-electron chi connectivity index (χ1n) is 7.82. The van der Waals surface area contributed by atoms with Crippen LogP contribution in [-0.4, -0.2) is 19.5 Å². The summed E-state index contributed by atoms with van der Waals surface area (Å²) in [6.07, 6.45) is 7.61. The molecule has 0 saturated heterocycles. The zero-order chi connectivity index (χ0) is 17.0. The molecule has 0 aliphatic carbocycles. The molecule has 5 aromatic rings. The number of benzene rings is 1. The van der Waals surface area contributed by atoms with Gasteiger partial charge in [-0.15, -0.1) is 11.3 Å². The highest BCUT2D eigenvalue weighted by molar-refractivity contribution is 7.13. The Labute approximate surface area is 146 Å². The molecule has 6 heteroatoms. The minimum Gasteiger partial charge on any atom is -0.360 e. The normalized spacial score (nSPS) is 11.6. The fraction of sp³-hybridized carbons (Fsp3) is 0.0526. The molecule has 0 atom stereocenters. The van der Waals surface area contributed by atoms with E-state index < -0.39 is 0 Å². The summed E-state index contributed by atoms with van der Waals surface area (Å²) in [5.41, 5.74) is 4.91. The van der Waals surface area contributed by atoms with Crippen molar-refractivity contribution in [1.82, 2.24) is 19.5 Å². The second-order valence-corrected chi connectivity index (χ2v) is 6.83. The lowest BCUT2D eigenvalue weighted by Crippen LogP contribution is -1.82. The number of thiazole rings is 1. The molecule has 1 aromatic carbocycles. The number of aromatic nitrogens is 4. The van der Waals surface area contributed by atoms with E-state index in [1.54, 1.807) is 29.7 Å². The quantitative estimate of drug-likeness (QED) is 0.489. The summed E-state index contributed by atoms with van der Waals surface area (Å²) in [5, 5.41) is 4.83. The third-order valence-electron chi connectivity index (χ3n) is 4.45. The van der Waals surface area contributed by atoms with Gasteiger partial charge < -0.3 is 9.55 Å². The predicted octanol–water partition coefficient (Wildman–Crippen LogP) is 4.98. The topological polar surface area (TPSA) is 46.5 Å². The van der Waals surface area contributed by atoms with Crippen LogP contribution in [0.25, 0.3) is 43.6 Å². The molecule has 4 nitrogen and oxygen atoms in total. The smallest absolute Gasteiger partial charge is 0.126 e. The highest BCUT2D eigenvalue weighted by Crippen LogP contribution is 2.36. The van der Waals surface area contributed by atoms with Crippen LogP contribution in [0.4, 0.5) is 4.39 Å². The van der Waals surface area contributed by atoms with Gasteiger partial charge in [0.2, 0.25) is 0 Å². The van der Waals surface area contributed by atoms with Crippen molar-refractivity contribution >= 4 is 33.1 Å². The van der Waals surface area contributed by atoms with Gasteiger partial charge in [-0.2, -0.15) is 0 Å². The molecule has 0 saturated carbocycles. The molecule has 0 radical (unpaired) electrons. The average Bonchev–Trinajstić information content (AvgIpc) is 3.32. The summed E-state index contributed by atoms with van der Waals surface area (Å²) in [7, 11) is 2.02. The van der Waals surface area contributed by atoms with E-state index in [0.29, 0.717) is 0 Å². The van der Waals surface area contributed by atoms with Crippen LogP contribution < -0.4 is 0 Å². The lowest BCUT2D eigenvalue weighted by Gasteiger charge is -1.95. The Bertz CT molecular complexity index is 1230. The van der Waals surface area contributed by atoms with Gasteiger partial charge >= 0.3 is 0 Å². The van der Waals surface area contributed by atoms with Crippen molar-refractivity contribution in [2.24, 2.45) is 7.05 Å². The van der Waals surface area contributed by atoms with Gasteiger partial charge in [-0.05, 0) is 24.3 Å². The summed E-state index contributed by atoms with van der Waals surface area (Å²) < 4.78 is 15.7. The van der Waals surface area contributed by atoms with Gasteiger partial charge in [-0.3, -0.25) is 4.98 Å². The first-order valence-corrected chi connectivity index (χ1v) is 8.70. The predicted molar refractivity (Wildman–Crippen MR) is 99.1 cm³/mol. The maximum Gasteiger partial charge on any atom is 0.126 e. The van der Waals surface area contributed by atoms with Crippen LogP contribution in [0.2, 0.25) is 0 Å². The van der Waals surface area contributed by atoms with Crippen molar-refractivity contribution in [3.8, 4) is 21.8 Å². The second-order valence-electron chi connectivity index (χ2n) is 5.98. The van der Waals surface area contributed by atoms with Gasteiger partial charge in [0.25, 0.3) is 0 Å². The number of pyridine rings is 1. The van der Waals surface area contributed by atoms with E-state index in [4.69, 9.17) is 4.98 Å². The monoisotopic (exact) mass is 348 g/mol. The van der Waals surface area contributed by atoms with E-state index in [1.807, 2.05) is 30.9 Å². The van der Waals surface area contributed by atoms with Crippen LogP contribution in [0.15, 0.2) is 54.4 Å². The van der Waals surface area contributed by atoms with Crippen LogP contribution in [0.1, 0.15) is 0 Å². The Kier molecular flexibility index (Phi) is 3.02. The van der Waals surface area contributed by atoms with E-state index in [9.17, 15) is 4.39 Å². The molecule has 0 unspecified atom stereocenters. The van der Waals surface area contributed by atoms with Crippen LogP contribution in [0, 0.1) is 5.82 Å². The van der Waals surface area contributed by atoms with Gasteiger partial charge in [0, 0.05) is 64.6 Å². The number of nitrogens with zero attached hydrogens (tertiary/aromatic N) is 3. The molecule has 122 valence electrons. The van der Waals surface area contributed by atoms with E-state index in [0.717, 1.165) is 43.6 Å². The SMILES string of the molecule is Cn1cc(-c2csc(-c3c[nH]c4ccc(F)cc34)n2)c2cnccc21. The van der Waals surface area contributed by atoms with Gasteiger partial charge in [-0.1, -0.05) is 0 Å². The molecule has 1 N–H and O–H groups in total. The number of hydrogen-bond donors (Lipinski definition) is 1. The highest BCUT2D eigenvalue weighted by Gasteiger charge is 2.15. The zero-order valence-corrected chi connectivity index (χ0v) is 14.1. The third kappa shape index (κ3) is 2.18. The largest absolute Gasteiger partial charge is 0.360 e. The molecular formula is C19H13FN4S. The summed E-state index contributed by atoms with van der Waals surface area (Å²) in [4.78, 5) is 12.2. The fourth-order valence-corrected chi connectivity index (χ4v) is 4.08. The Morgan fingerprint density at radius 2 is 2.08 bits per heavy atom. The van der Waals surface area contributed by atoms with E-state index >= 15 is 0 Å². The molecule has 4 heterocycles. The lowest BCUT2D eigenvalue weighted by atomic mass is 10.1. The molecule has 0 amide bonds. The summed E-state index contributed by atoms with van der Waals surface area (Å²) in [6, 6.07) is 6.75. The van der Waals surface area contributed by atoms with Crippen molar-refractivity contribution in [2.45, 2.75) is 0 Å². The van der Waals surface area contributed by atoms with Crippen molar-refractivity contribution in [3.63, 3.8) is 0 Å². The standard InChI is InChI=1S/C19H13FN4S/c1-24-9-15(13-7-21-5-4-18(13)24)17-10-25-19(23-17)14-8-22-16-3-2-11(20)6-12(14)16/h2-10,22H,1H3. The van der Waals surface area contributed by atoms with E-state index in [-0.39, 0.29) is 5.82 Å². The lowest BCUT2D eigenvalue weighted by molar-refractivity contribution is 0.630. The Morgan fingerprint density at radius 1 is 1.16 bits per heavy atom. The number of fused-ring (bicyclic) bond motifs is 2. The first kappa shape index (κ1) is 14.4. The molecule has 5 rings (SSSR count). The molecule has 4 aromatic heterocycles. The van der Waals surface area contributed by atoms with Gasteiger partial charge in [0.05, 0.1) is 11.2 Å². The molecule has 0 aliphatic heterocycles. The fourth-order valence-electron chi connectivity index (χ4n) is 3.23. The first-order chi connectivity index (χ1) is 12.2. The molecular weight excluding hydrogens is 335 g/mol. The minimum atomic E-state index is -0.245. The van der Waals surface area contributed by atoms with Crippen LogP contribution >= 0.6 is 11.3 Å². The number of aromatic amines is 1. The molecule has 0 bridgehead atoms. The summed E-state index contributed by atoms with van der Waals surface area (Å²) >= 11 is 1.56. The molecule has 0 spiro atoms. The van der Waals surface area contributed by atoms with Crippen LogP contribution in [0.3, 0.4) is 0 Å². The Hall–Kier alpha value is -2.99. The number of H-pyrrole nitrogens is 1. The zero-order valence-electron chi connectivity index (χ0n) is 13.3. The molecule has 0 fully saturated rings. The number of hydrogen-bond acceptors (Lipinski definition) is 3. The Balaban J connectivity index is 1.67. The van der Waals surface area contributed by atoms with Gasteiger partial charge in [-0.25, -0.2) is 9.37 Å². The van der Waals surface area contributed by atoms with Crippen molar-refractivity contribution in [3.05, 3.63) is 60.3 Å².